The van der Waals surface area contributed by atoms with Crippen LogP contribution < -0.4 is 9.47 Å². The second-order valence-corrected chi connectivity index (χ2v) is 6.04. The molecule has 3 aromatic carbocycles. The van der Waals surface area contributed by atoms with E-state index in [9.17, 15) is 10.2 Å². The minimum atomic E-state index is -1.63. The van der Waals surface area contributed by atoms with Gasteiger partial charge < -0.3 is 19.7 Å². The van der Waals surface area contributed by atoms with Crippen LogP contribution in [0.15, 0.2) is 78.9 Å². The van der Waals surface area contributed by atoms with Crippen molar-refractivity contribution in [2.75, 3.05) is 14.2 Å². The maximum Gasteiger partial charge on any atom is 0.145 e. The summed E-state index contributed by atoms with van der Waals surface area (Å²) in [7, 11) is 3.17. The summed E-state index contributed by atoms with van der Waals surface area (Å²) in [4.78, 5) is 0. The molecule has 0 unspecified atom stereocenters. The van der Waals surface area contributed by atoms with Crippen molar-refractivity contribution < 1.29 is 19.7 Å². The lowest BCUT2D eigenvalue weighted by Crippen LogP contribution is -2.35. The zero-order chi connectivity index (χ0) is 18.6. The van der Waals surface area contributed by atoms with Gasteiger partial charge in [0.05, 0.1) is 14.2 Å². The smallest absolute Gasteiger partial charge is 0.145 e. The number of rotatable bonds is 6. The maximum atomic E-state index is 11.7. The van der Waals surface area contributed by atoms with Gasteiger partial charge >= 0.3 is 0 Å². The van der Waals surface area contributed by atoms with E-state index < -0.39 is 11.7 Å². The Morgan fingerprint density at radius 3 is 1.50 bits per heavy atom. The third-order valence-electron chi connectivity index (χ3n) is 4.57. The van der Waals surface area contributed by atoms with Crippen molar-refractivity contribution in [2.24, 2.45) is 0 Å². The lowest BCUT2D eigenvalue weighted by molar-refractivity contribution is -0.0518. The van der Waals surface area contributed by atoms with Gasteiger partial charge in [0.25, 0.3) is 0 Å². The molecule has 0 aliphatic carbocycles. The van der Waals surface area contributed by atoms with E-state index >= 15 is 0 Å². The van der Waals surface area contributed by atoms with Crippen LogP contribution in [0.3, 0.4) is 0 Å². The first-order chi connectivity index (χ1) is 12.6. The molecule has 2 N–H and O–H groups in total. The van der Waals surface area contributed by atoms with Gasteiger partial charge in [-0.1, -0.05) is 54.6 Å². The van der Waals surface area contributed by atoms with Crippen LogP contribution in [0.2, 0.25) is 0 Å². The number of benzene rings is 3. The van der Waals surface area contributed by atoms with E-state index in [2.05, 4.69) is 0 Å². The minimum absolute atomic E-state index is 0.569. The molecule has 0 fully saturated rings. The lowest BCUT2D eigenvalue weighted by Gasteiger charge is -2.34. The molecule has 0 aliphatic heterocycles. The Bertz CT molecular complexity index is 779. The van der Waals surface area contributed by atoms with E-state index in [1.165, 1.54) is 0 Å². The SMILES string of the molecule is COc1ccc(C(O)(c2ccc(OC)cc2)[C@@H](O)c2ccccc2)cc1. The van der Waals surface area contributed by atoms with Crippen LogP contribution in [0.4, 0.5) is 0 Å². The van der Waals surface area contributed by atoms with Crippen molar-refractivity contribution in [3.8, 4) is 11.5 Å². The van der Waals surface area contributed by atoms with E-state index in [-0.39, 0.29) is 0 Å². The first kappa shape index (κ1) is 18.0. The molecule has 0 spiro atoms. The van der Waals surface area contributed by atoms with Crippen molar-refractivity contribution in [3.05, 3.63) is 95.6 Å². The predicted molar refractivity (Wildman–Crippen MR) is 100 cm³/mol. The van der Waals surface area contributed by atoms with Gasteiger partial charge in [-0.3, -0.25) is 0 Å². The van der Waals surface area contributed by atoms with Crippen LogP contribution >= 0.6 is 0 Å². The van der Waals surface area contributed by atoms with Gasteiger partial charge in [-0.05, 0) is 41.0 Å². The van der Waals surface area contributed by atoms with Crippen LogP contribution in [-0.2, 0) is 5.60 Å². The van der Waals surface area contributed by atoms with Crippen molar-refractivity contribution in [2.45, 2.75) is 11.7 Å². The van der Waals surface area contributed by atoms with Gasteiger partial charge in [-0.2, -0.15) is 0 Å². The van der Waals surface area contributed by atoms with Crippen molar-refractivity contribution in [1.29, 1.82) is 0 Å². The number of aliphatic hydroxyl groups excluding tert-OH is 1. The Morgan fingerprint density at radius 1 is 0.692 bits per heavy atom. The number of hydrogen-bond donors (Lipinski definition) is 2. The molecule has 0 bridgehead atoms. The van der Waals surface area contributed by atoms with Crippen LogP contribution in [0.5, 0.6) is 11.5 Å². The highest BCUT2D eigenvalue weighted by molar-refractivity contribution is 5.44. The summed E-state index contributed by atoms with van der Waals surface area (Å²) in [6.07, 6.45) is -1.15. The summed E-state index contributed by atoms with van der Waals surface area (Å²) in [5.74, 6) is 1.36. The van der Waals surface area contributed by atoms with Gasteiger partial charge in [0, 0.05) is 0 Å². The molecule has 3 aromatic rings. The first-order valence-electron chi connectivity index (χ1n) is 8.34. The molecule has 0 heterocycles. The highest BCUT2D eigenvalue weighted by Gasteiger charge is 2.40. The molecule has 26 heavy (non-hydrogen) atoms. The number of hydrogen-bond acceptors (Lipinski definition) is 4. The zero-order valence-electron chi connectivity index (χ0n) is 14.8. The fraction of sp³-hybridized carbons (Fsp3) is 0.182. The molecular formula is C22H22O4. The lowest BCUT2D eigenvalue weighted by atomic mass is 9.79. The van der Waals surface area contributed by atoms with Crippen molar-refractivity contribution >= 4 is 0 Å². The van der Waals surface area contributed by atoms with Crippen molar-refractivity contribution in [3.63, 3.8) is 0 Å². The van der Waals surface area contributed by atoms with E-state index in [0.717, 1.165) is 0 Å². The molecule has 0 saturated carbocycles. The van der Waals surface area contributed by atoms with Gasteiger partial charge in [-0.25, -0.2) is 0 Å². The highest BCUT2D eigenvalue weighted by Crippen LogP contribution is 2.41. The zero-order valence-corrected chi connectivity index (χ0v) is 14.8. The molecule has 4 nitrogen and oxygen atoms in total. The van der Waals surface area contributed by atoms with Gasteiger partial charge in [0.15, 0.2) is 0 Å². The van der Waals surface area contributed by atoms with E-state index in [1.807, 2.05) is 18.2 Å². The first-order valence-corrected chi connectivity index (χ1v) is 8.34. The van der Waals surface area contributed by atoms with Crippen LogP contribution in [0, 0.1) is 0 Å². The monoisotopic (exact) mass is 350 g/mol. The average molecular weight is 350 g/mol. The maximum absolute atomic E-state index is 11.7. The molecule has 0 aliphatic rings. The Balaban J connectivity index is 2.13. The fourth-order valence-corrected chi connectivity index (χ4v) is 3.05. The Labute approximate surface area is 153 Å². The molecule has 0 saturated heterocycles. The second kappa shape index (κ2) is 7.60. The normalized spacial score (nSPS) is 12.5. The number of aliphatic hydroxyl groups is 2. The molecule has 4 heteroatoms. The third-order valence-corrected chi connectivity index (χ3v) is 4.57. The minimum Gasteiger partial charge on any atom is -0.497 e. The van der Waals surface area contributed by atoms with Crippen LogP contribution in [0.25, 0.3) is 0 Å². The predicted octanol–water partition coefficient (Wildman–Crippen LogP) is 3.67. The Kier molecular flexibility index (Phi) is 5.26. The van der Waals surface area contributed by atoms with E-state index in [0.29, 0.717) is 28.2 Å². The summed E-state index contributed by atoms with van der Waals surface area (Å²) in [6, 6.07) is 23.2. The molecule has 0 aromatic heterocycles. The molecule has 0 amide bonds. The van der Waals surface area contributed by atoms with Crippen LogP contribution in [-0.4, -0.2) is 24.4 Å². The Hall–Kier alpha value is -2.82. The standard InChI is InChI=1S/C22H22O4/c1-25-19-12-8-17(9-13-19)22(24,18-10-14-20(26-2)15-11-18)21(23)16-6-4-3-5-7-16/h3-15,21,23-24H,1-2H3/t21-/m0/s1. The van der Waals surface area contributed by atoms with E-state index in [1.54, 1.807) is 74.9 Å². The highest BCUT2D eigenvalue weighted by atomic mass is 16.5. The van der Waals surface area contributed by atoms with Gasteiger partial charge in [0.2, 0.25) is 0 Å². The summed E-state index contributed by atoms with van der Waals surface area (Å²) < 4.78 is 10.4. The third kappa shape index (κ3) is 3.29. The van der Waals surface area contributed by atoms with Gasteiger partial charge in [-0.15, -0.1) is 0 Å². The van der Waals surface area contributed by atoms with Crippen LogP contribution in [0.1, 0.15) is 22.8 Å². The van der Waals surface area contributed by atoms with Gasteiger partial charge in [0.1, 0.15) is 23.2 Å². The fourth-order valence-electron chi connectivity index (χ4n) is 3.05. The van der Waals surface area contributed by atoms with Crippen molar-refractivity contribution in [1.82, 2.24) is 0 Å². The quantitative estimate of drug-likeness (QED) is 0.712. The molecule has 134 valence electrons. The topological polar surface area (TPSA) is 58.9 Å². The van der Waals surface area contributed by atoms with E-state index in [4.69, 9.17) is 9.47 Å². The number of ether oxygens (including phenoxy) is 2. The number of methoxy groups -OCH3 is 2. The average Bonchev–Trinajstić information content (AvgIpc) is 2.73. The Morgan fingerprint density at radius 2 is 1.12 bits per heavy atom. The summed E-state index contributed by atoms with van der Waals surface area (Å²) in [5, 5.41) is 22.8. The molecule has 0 radical (unpaired) electrons. The summed E-state index contributed by atoms with van der Waals surface area (Å²) in [5.41, 5.74) is 0.140. The summed E-state index contributed by atoms with van der Waals surface area (Å²) >= 11 is 0. The molecule has 3 rings (SSSR count). The molecule has 1 atom stereocenters. The summed E-state index contributed by atoms with van der Waals surface area (Å²) in [6.45, 7) is 0. The largest absolute Gasteiger partial charge is 0.497 e. The molecular weight excluding hydrogens is 328 g/mol. The second-order valence-electron chi connectivity index (χ2n) is 6.04.